The Kier molecular flexibility index (Phi) is 4.22. The molecule has 1 aliphatic rings. The van der Waals surface area contributed by atoms with Crippen molar-refractivity contribution in [1.29, 1.82) is 0 Å². The van der Waals surface area contributed by atoms with Crippen LogP contribution in [0.4, 0.5) is 5.69 Å². The summed E-state index contributed by atoms with van der Waals surface area (Å²) in [5.41, 5.74) is 5.23. The molecule has 0 aliphatic heterocycles. The Morgan fingerprint density at radius 1 is 1.12 bits per heavy atom. The molecule has 1 aliphatic carbocycles. The number of pyridine rings is 1. The van der Waals surface area contributed by atoms with Crippen LogP contribution in [0.5, 0.6) is 0 Å². The van der Waals surface area contributed by atoms with Crippen LogP contribution in [0.3, 0.4) is 0 Å². The van der Waals surface area contributed by atoms with Crippen LogP contribution in [0, 0.1) is 5.92 Å². The fraction of sp³-hybridized carbons (Fsp3) is 0.381. The minimum atomic E-state index is -0.399. The standard InChI is InChI=1S/C21H25N3O/c1-24(2)17-9-7-14(8-10-17)16-11-18-19(13-23-21(18)22-12-16)20(25)15-5-3-4-6-15/h7-13,15,20,25H,3-6H2,1-2H3,(H,22,23)/t20-/m0/s1. The van der Waals surface area contributed by atoms with Crippen molar-refractivity contribution in [3.63, 3.8) is 0 Å². The Hall–Kier alpha value is -2.33. The number of fused-ring (bicyclic) bond motifs is 1. The highest BCUT2D eigenvalue weighted by Gasteiger charge is 2.26. The molecule has 4 nitrogen and oxygen atoms in total. The van der Waals surface area contributed by atoms with Crippen LogP contribution in [-0.4, -0.2) is 29.2 Å². The number of nitrogens with one attached hydrogen (secondary N) is 1. The van der Waals surface area contributed by atoms with Crippen LogP contribution in [-0.2, 0) is 0 Å². The first-order valence-corrected chi connectivity index (χ1v) is 9.06. The number of anilines is 1. The van der Waals surface area contributed by atoms with E-state index in [1.54, 1.807) is 0 Å². The lowest BCUT2D eigenvalue weighted by Crippen LogP contribution is -2.08. The molecule has 0 bridgehead atoms. The van der Waals surface area contributed by atoms with E-state index in [2.05, 4.69) is 45.2 Å². The molecule has 4 rings (SSSR count). The lowest BCUT2D eigenvalue weighted by Gasteiger charge is -2.17. The first-order chi connectivity index (χ1) is 12.1. The maximum Gasteiger partial charge on any atom is 0.137 e. The zero-order valence-electron chi connectivity index (χ0n) is 14.9. The maximum absolute atomic E-state index is 10.8. The molecule has 1 atom stereocenters. The van der Waals surface area contributed by atoms with E-state index >= 15 is 0 Å². The van der Waals surface area contributed by atoms with Crippen molar-refractivity contribution in [3.05, 3.63) is 48.3 Å². The van der Waals surface area contributed by atoms with Gasteiger partial charge in [0.25, 0.3) is 0 Å². The molecule has 2 heterocycles. The van der Waals surface area contributed by atoms with Gasteiger partial charge in [0.05, 0.1) is 6.10 Å². The molecule has 4 heteroatoms. The molecule has 0 radical (unpaired) electrons. The van der Waals surface area contributed by atoms with Crippen molar-refractivity contribution in [3.8, 4) is 11.1 Å². The summed E-state index contributed by atoms with van der Waals surface area (Å²) in [5, 5.41) is 11.8. The molecule has 3 aromatic rings. The zero-order chi connectivity index (χ0) is 17.4. The van der Waals surface area contributed by atoms with E-state index in [1.165, 1.54) is 18.5 Å². The zero-order valence-corrected chi connectivity index (χ0v) is 14.9. The van der Waals surface area contributed by atoms with Gasteiger partial charge < -0.3 is 15.0 Å². The number of aliphatic hydroxyl groups is 1. The van der Waals surface area contributed by atoms with Crippen molar-refractivity contribution >= 4 is 16.7 Å². The van der Waals surface area contributed by atoms with Gasteiger partial charge >= 0.3 is 0 Å². The third kappa shape index (κ3) is 3.02. The fourth-order valence-electron chi connectivity index (χ4n) is 3.91. The van der Waals surface area contributed by atoms with Crippen LogP contribution < -0.4 is 4.90 Å². The van der Waals surface area contributed by atoms with Crippen molar-refractivity contribution in [2.75, 3.05) is 19.0 Å². The number of hydrogen-bond acceptors (Lipinski definition) is 3. The summed E-state index contributed by atoms with van der Waals surface area (Å²) in [4.78, 5) is 9.88. The maximum atomic E-state index is 10.8. The molecule has 0 spiro atoms. The topological polar surface area (TPSA) is 52.2 Å². The first kappa shape index (κ1) is 16.2. The number of benzene rings is 1. The summed E-state index contributed by atoms with van der Waals surface area (Å²) < 4.78 is 0. The Balaban J connectivity index is 1.70. The minimum absolute atomic E-state index is 0.377. The molecule has 0 saturated heterocycles. The summed E-state index contributed by atoms with van der Waals surface area (Å²) in [6.45, 7) is 0. The molecule has 25 heavy (non-hydrogen) atoms. The highest BCUT2D eigenvalue weighted by Crippen LogP contribution is 2.38. The van der Waals surface area contributed by atoms with E-state index < -0.39 is 6.10 Å². The van der Waals surface area contributed by atoms with Crippen LogP contribution in [0.2, 0.25) is 0 Å². The van der Waals surface area contributed by atoms with Crippen LogP contribution in [0.25, 0.3) is 22.2 Å². The number of nitrogens with zero attached hydrogens (tertiary/aromatic N) is 2. The average molecular weight is 335 g/mol. The van der Waals surface area contributed by atoms with Crippen molar-refractivity contribution < 1.29 is 5.11 Å². The second-order valence-electron chi connectivity index (χ2n) is 7.29. The van der Waals surface area contributed by atoms with Gasteiger partial charge in [-0.15, -0.1) is 0 Å². The lowest BCUT2D eigenvalue weighted by molar-refractivity contribution is 0.113. The Bertz CT molecular complexity index is 860. The average Bonchev–Trinajstić information content (AvgIpc) is 3.30. The molecule has 2 N–H and O–H groups in total. The quantitative estimate of drug-likeness (QED) is 0.737. The predicted octanol–water partition coefficient (Wildman–Crippen LogP) is 4.52. The van der Waals surface area contributed by atoms with E-state index in [0.717, 1.165) is 40.6 Å². The van der Waals surface area contributed by atoms with Crippen LogP contribution in [0.1, 0.15) is 37.4 Å². The van der Waals surface area contributed by atoms with Crippen molar-refractivity contribution in [2.24, 2.45) is 5.92 Å². The van der Waals surface area contributed by atoms with Gasteiger partial charge in [0.1, 0.15) is 5.65 Å². The van der Waals surface area contributed by atoms with Gasteiger partial charge in [-0.05, 0) is 42.5 Å². The summed E-state index contributed by atoms with van der Waals surface area (Å²) in [6.07, 6.45) is 8.12. The van der Waals surface area contributed by atoms with E-state index in [1.807, 2.05) is 26.5 Å². The molecule has 1 fully saturated rings. The van der Waals surface area contributed by atoms with E-state index in [4.69, 9.17) is 0 Å². The SMILES string of the molecule is CN(C)c1ccc(-c2cnc3[nH]cc([C@@H](O)C4CCCC4)c3c2)cc1. The number of aromatic amines is 1. The number of aliphatic hydroxyl groups excluding tert-OH is 1. The highest BCUT2D eigenvalue weighted by atomic mass is 16.3. The molecular weight excluding hydrogens is 310 g/mol. The van der Waals surface area contributed by atoms with Gasteiger partial charge in [-0.25, -0.2) is 4.98 Å². The van der Waals surface area contributed by atoms with Crippen molar-refractivity contribution in [2.45, 2.75) is 31.8 Å². The molecule has 2 aromatic heterocycles. The van der Waals surface area contributed by atoms with Gasteiger partial charge in [0.2, 0.25) is 0 Å². The van der Waals surface area contributed by atoms with Gasteiger partial charge in [-0.3, -0.25) is 0 Å². The summed E-state index contributed by atoms with van der Waals surface area (Å²) in [7, 11) is 4.08. The second-order valence-corrected chi connectivity index (χ2v) is 7.29. The van der Waals surface area contributed by atoms with E-state index in [0.29, 0.717) is 5.92 Å². The summed E-state index contributed by atoms with van der Waals surface area (Å²) in [5.74, 6) is 0.377. The molecule has 1 saturated carbocycles. The smallest absolute Gasteiger partial charge is 0.137 e. The lowest BCUT2D eigenvalue weighted by atomic mass is 9.94. The third-order valence-corrected chi connectivity index (χ3v) is 5.45. The highest BCUT2D eigenvalue weighted by molar-refractivity contribution is 5.85. The van der Waals surface area contributed by atoms with E-state index in [-0.39, 0.29) is 0 Å². The number of rotatable bonds is 4. The Labute approximate surface area is 148 Å². The number of hydrogen-bond donors (Lipinski definition) is 2. The second kappa shape index (κ2) is 6.52. The third-order valence-electron chi connectivity index (χ3n) is 5.45. The van der Waals surface area contributed by atoms with Gasteiger partial charge in [0, 0.05) is 48.7 Å². The van der Waals surface area contributed by atoms with Crippen LogP contribution in [0.15, 0.2) is 42.7 Å². The monoisotopic (exact) mass is 335 g/mol. The molecule has 0 unspecified atom stereocenters. The minimum Gasteiger partial charge on any atom is -0.388 e. The molecular formula is C21H25N3O. The molecule has 1 aromatic carbocycles. The molecule has 0 amide bonds. The largest absolute Gasteiger partial charge is 0.388 e. The van der Waals surface area contributed by atoms with Crippen molar-refractivity contribution in [1.82, 2.24) is 9.97 Å². The Morgan fingerprint density at radius 2 is 1.84 bits per heavy atom. The predicted molar refractivity (Wildman–Crippen MR) is 103 cm³/mol. The van der Waals surface area contributed by atoms with E-state index in [9.17, 15) is 5.11 Å². The van der Waals surface area contributed by atoms with Gasteiger partial charge in [-0.2, -0.15) is 0 Å². The summed E-state index contributed by atoms with van der Waals surface area (Å²) in [6, 6.07) is 10.6. The number of aromatic nitrogens is 2. The normalized spacial score (nSPS) is 16.4. The fourth-order valence-corrected chi connectivity index (χ4v) is 3.91. The summed E-state index contributed by atoms with van der Waals surface area (Å²) >= 11 is 0. The number of H-pyrrole nitrogens is 1. The van der Waals surface area contributed by atoms with Gasteiger partial charge in [0.15, 0.2) is 0 Å². The van der Waals surface area contributed by atoms with Crippen LogP contribution >= 0.6 is 0 Å². The van der Waals surface area contributed by atoms with Gasteiger partial charge in [-0.1, -0.05) is 25.0 Å². The molecule has 130 valence electrons. The Morgan fingerprint density at radius 3 is 2.52 bits per heavy atom. The first-order valence-electron chi connectivity index (χ1n) is 9.06.